The number of nitrogens with two attached hydrogens (primary N) is 1. The number of nitrogens with one attached hydrogen (secondary N) is 1. The molecule has 102 valence electrons. The molecule has 1 unspecified atom stereocenters. The zero-order valence-corrected chi connectivity index (χ0v) is 11.2. The van der Waals surface area contributed by atoms with Gasteiger partial charge in [0.05, 0.1) is 23.2 Å². The van der Waals surface area contributed by atoms with E-state index in [1.165, 1.54) is 0 Å². The normalized spacial score (nSPS) is 12.4. The maximum Gasteiger partial charge on any atom is 0.241 e. The minimum Gasteiger partial charge on any atom is -0.396 e. The summed E-state index contributed by atoms with van der Waals surface area (Å²) >= 11 is 0. The van der Waals surface area contributed by atoms with Crippen LogP contribution in [0.1, 0.15) is 31.2 Å². The van der Waals surface area contributed by atoms with Crippen molar-refractivity contribution in [3.63, 3.8) is 0 Å². The summed E-state index contributed by atoms with van der Waals surface area (Å²) in [5.41, 5.74) is 7.98. The van der Waals surface area contributed by atoms with Gasteiger partial charge in [-0.1, -0.05) is 0 Å². The van der Waals surface area contributed by atoms with Crippen molar-refractivity contribution in [2.24, 2.45) is 0 Å². The average Bonchev–Trinajstić information content (AvgIpc) is 2.52. The Morgan fingerprint density at radius 2 is 2.22 bits per heavy atom. The summed E-state index contributed by atoms with van der Waals surface area (Å²) < 4.78 is 1.61. The molecule has 6 heteroatoms. The van der Waals surface area contributed by atoms with E-state index in [4.69, 9.17) is 10.8 Å². The van der Waals surface area contributed by atoms with Crippen molar-refractivity contribution >= 4 is 11.6 Å². The smallest absolute Gasteiger partial charge is 0.241 e. The van der Waals surface area contributed by atoms with Crippen LogP contribution < -0.4 is 11.1 Å². The lowest BCUT2D eigenvalue weighted by molar-refractivity contribution is -0.121. The van der Waals surface area contributed by atoms with Crippen molar-refractivity contribution in [2.45, 2.75) is 46.3 Å². The molecule has 6 nitrogen and oxygen atoms in total. The molecule has 1 aromatic rings. The van der Waals surface area contributed by atoms with E-state index >= 15 is 0 Å². The maximum absolute atomic E-state index is 11.7. The van der Waals surface area contributed by atoms with E-state index in [0.29, 0.717) is 18.7 Å². The van der Waals surface area contributed by atoms with Crippen molar-refractivity contribution in [3.05, 3.63) is 11.4 Å². The van der Waals surface area contributed by atoms with Gasteiger partial charge in [0.2, 0.25) is 5.91 Å². The largest absolute Gasteiger partial charge is 0.396 e. The fraction of sp³-hybridized carbons (Fsp3) is 0.667. The number of hydrogen-bond acceptors (Lipinski definition) is 4. The molecule has 1 aromatic heterocycles. The summed E-state index contributed by atoms with van der Waals surface area (Å²) in [6, 6.07) is 0. The standard InChI is InChI=1S/C12H22N4O2/c1-8(17)5-4-6-14-11(18)7-16-10(3)12(13)9(2)15-16/h8,17H,4-7,13H2,1-3H3,(H,14,18). The molecule has 0 aromatic carbocycles. The van der Waals surface area contributed by atoms with Crippen LogP contribution in [0, 0.1) is 13.8 Å². The maximum atomic E-state index is 11.7. The summed E-state index contributed by atoms with van der Waals surface area (Å²) in [4.78, 5) is 11.7. The molecule has 0 fully saturated rings. The fourth-order valence-corrected chi connectivity index (χ4v) is 1.68. The lowest BCUT2D eigenvalue weighted by Gasteiger charge is -2.07. The quantitative estimate of drug-likeness (QED) is 0.639. The monoisotopic (exact) mass is 254 g/mol. The number of carbonyl (C=O) groups is 1. The van der Waals surface area contributed by atoms with E-state index in [0.717, 1.165) is 17.8 Å². The average molecular weight is 254 g/mol. The molecular weight excluding hydrogens is 232 g/mol. The number of nitrogen functional groups attached to an aromatic ring is 1. The first-order chi connectivity index (χ1) is 8.41. The van der Waals surface area contributed by atoms with Gasteiger partial charge in [0.1, 0.15) is 6.54 Å². The number of aryl methyl sites for hydroxylation is 1. The van der Waals surface area contributed by atoms with Crippen LogP contribution in [0.5, 0.6) is 0 Å². The van der Waals surface area contributed by atoms with Crippen molar-refractivity contribution < 1.29 is 9.90 Å². The van der Waals surface area contributed by atoms with E-state index in [1.54, 1.807) is 11.6 Å². The van der Waals surface area contributed by atoms with Crippen molar-refractivity contribution in [1.29, 1.82) is 0 Å². The molecule has 0 radical (unpaired) electrons. The predicted octanol–water partition coefficient (Wildman–Crippen LogP) is 0.359. The Bertz CT molecular complexity index is 412. The molecule has 1 amide bonds. The van der Waals surface area contributed by atoms with Gasteiger partial charge < -0.3 is 16.2 Å². The van der Waals surface area contributed by atoms with Crippen LogP contribution in [0.15, 0.2) is 0 Å². The van der Waals surface area contributed by atoms with E-state index in [-0.39, 0.29) is 18.6 Å². The number of hydrogen-bond donors (Lipinski definition) is 3. The third kappa shape index (κ3) is 4.03. The van der Waals surface area contributed by atoms with E-state index in [9.17, 15) is 4.79 Å². The van der Waals surface area contributed by atoms with Crippen LogP contribution in [0.3, 0.4) is 0 Å². The molecule has 0 aliphatic rings. The zero-order valence-electron chi connectivity index (χ0n) is 11.2. The number of nitrogens with zero attached hydrogens (tertiary/aromatic N) is 2. The highest BCUT2D eigenvalue weighted by atomic mass is 16.3. The molecule has 18 heavy (non-hydrogen) atoms. The van der Waals surface area contributed by atoms with E-state index in [2.05, 4.69) is 10.4 Å². The van der Waals surface area contributed by atoms with Crippen molar-refractivity contribution in [3.8, 4) is 0 Å². The first-order valence-corrected chi connectivity index (χ1v) is 6.16. The molecule has 0 bridgehead atoms. The number of anilines is 1. The molecular formula is C12H22N4O2. The molecule has 1 atom stereocenters. The Kier molecular flexibility index (Phi) is 5.15. The topological polar surface area (TPSA) is 93.2 Å². The van der Waals surface area contributed by atoms with Crippen LogP contribution in [-0.4, -0.2) is 33.4 Å². The Morgan fingerprint density at radius 3 is 2.72 bits per heavy atom. The second-order valence-corrected chi connectivity index (χ2v) is 4.58. The van der Waals surface area contributed by atoms with Crippen LogP contribution >= 0.6 is 0 Å². The molecule has 0 aliphatic carbocycles. The number of carbonyl (C=O) groups excluding carboxylic acids is 1. The van der Waals surface area contributed by atoms with Gasteiger partial charge in [0.25, 0.3) is 0 Å². The first-order valence-electron chi connectivity index (χ1n) is 6.16. The van der Waals surface area contributed by atoms with Gasteiger partial charge in [-0.05, 0) is 33.6 Å². The van der Waals surface area contributed by atoms with Gasteiger partial charge in [-0.3, -0.25) is 9.48 Å². The molecule has 4 N–H and O–H groups in total. The number of amides is 1. The van der Waals surface area contributed by atoms with E-state index < -0.39 is 0 Å². The Morgan fingerprint density at radius 1 is 1.56 bits per heavy atom. The summed E-state index contributed by atoms with van der Waals surface area (Å²) in [6.07, 6.45) is 1.13. The molecule has 0 aliphatic heterocycles. The second-order valence-electron chi connectivity index (χ2n) is 4.58. The summed E-state index contributed by atoms with van der Waals surface area (Å²) in [5, 5.41) is 16.1. The predicted molar refractivity (Wildman–Crippen MR) is 70.0 cm³/mol. The Labute approximate surface area is 107 Å². The highest BCUT2D eigenvalue weighted by molar-refractivity contribution is 5.75. The Hall–Kier alpha value is -1.56. The molecule has 1 heterocycles. The van der Waals surface area contributed by atoms with Crippen molar-refractivity contribution in [1.82, 2.24) is 15.1 Å². The zero-order chi connectivity index (χ0) is 13.7. The second kappa shape index (κ2) is 6.39. The number of aromatic nitrogens is 2. The highest BCUT2D eigenvalue weighted by Crippen LogP contribution is 2.14. The minimum atomic E-state index is -0.322. The highest BCUT2D eigenvalue weighted by Gasteiger charge is 2.10. The Balaban J connectivity index is 2.38. The SMILES string of the molecule is Cc1nn(CC(=O)NCCCC(C)O)c(C)c1N. The molecule has 0 spiro atoms. The van der Waals surface area contributed by atoms with Gasteiger partial charge in [-0.15, -0.1) is 0 Å². The third-order valence-electron chi connectivity index (χ3n) is 2.85. The van der Waals surface area contributed by atoms with Gasteiger partial charge >= 0.3 is 0 Å². The van der Waals surface area contributed by atoms with Crippen LogP contribution in [0.2, 0.25) is 0 Å². The summed E-state index contributed by atoms with van der Waals surface area (Å²) in [5.74, 6) is -0.0915. The van der Waals surface area contributed by atoms with E-state index in [1.807, 2.05) is 13.8 Å². The molecule has 0 saturated carbocycles. The van der Waals surface area contributed by atoms with Gasteiger partial charge in [0.15, 0.2) is 0 Å². The number of rotatable bonds is 6. The molecule has 0 saturated heterocycles. The van der Waals surface area contributed by atoms with Gasteiger partial charge in [-0.2, -0.15) is 5.10 Å². The first kappa shape index (κ1) is 14.5. The fourth-order valence-electron chi connectivity index (χ4n) is 1.68. The van der Waals surface area contributed by atoms with Crippen LogP contribution in [0.4, 0.5) is 5.69 Å². The van der Waals surface area contributed by atoms with Crippen LogP contribution in [0.25, 0.3) is 0 Å². The van der Waals surface area contributed by atoms with Crippen molar-refractivity contribution in [2.75, 3.05) is 12.3 Å². The molecule has 1 rings (SSSR count). The number of aliphatic hydroxyl groups is 1. The minimum absolute atomic E-state index is 0.0915. The van der Waals surface area contributed by atoms with Gasteiger partial charge in [-0.25, -0.2) is 0 Å². The van der Waals surface area contributed by atoms with Crippen LogP contribution in [-0.2, 0) is 11.3 Å². The van der Waals surface area contributed by atoms with Gasteiger partial charge in [0, 0.05) is 6.54 Å². The summed E-state index contributed by atoms with van der Waals surface area (Å²) in [7, 11) is 0. The lowest BCUT2D eigenvalue weighted by Crippen LogP contribution is -2.29. The third-order valence-corrected chi connectivity index (χ3v) is 2.85. The lowest BCUT2D eigenvalue weighted by atomic mass is 10.2. The summed E-state index contributed by atoms with van der Waals surface area (Å²) in [6.45, 7) is 6.15. The number of aliphatic hydroxyl groups excluding tert-OH is 1.